The number of aromatic nitrogens is 2. The van der Waals surface area contributed by atoms with E-state index in [0.717, 1.165) is 22.9 Å². The quantitative estimate of drug-likeness (QED) is 0.423. The third-order valence-corrected chi connectivity index (χ3v) is 8.58. The largest absolute Gasteiger partial charge is 0.368 e. The molecule has 0 spiro atoms. The number of benzene rings is 2. The van der Waals surface area contributed by atoms with Gasteiger partial charge in [-0.3, -0.25) is 14.7 Å². The highest BCUT2D eigenvalue weighted by molar-refractivity contribution is 7.89. The lowest BCUT2D eigenvalue weighted by molar-refractivity contribution is -0.124. The summed E-state index contributed by atoms with van der Waals surface area (Å²) in [5.41, 5.74) is 0.735. The van der Waals surface area contributed by atoms with Gasteiger partial charge in [-0.1, -0.05) is 26.0 Å². The molecule has 3 N–H and O–H groups in total. The third kappa shape index (κ3) is 5.29. The number of para-hydroxylation sites is 1. The van der Waals surface area contributed by atoms with Crippen molar-refractivity contribution in [3.8, 4) is 0 Å². The fraction of sp³-hybridized carbons (Fsp3) is 0.346. The van der Waals surface area contributed by atoms with Crippen molar-refractivity contribution in [3.63, 3.8) is 0 Å². The molecule has 2 aliphatic rings. The lowest BCUT2D eigenvalue weighted by atomic mass is 9.84. The number of sulfonamides is 1. The van der Waals surface area contributed by atoms with Gasteiger partial charge in [0.15, 0.2) is 5.82 Å². The fourth-order valence-electron chi connectivity index (χ4n) is 4.89. The zero-order chi connectivity index (χ0) is 27.9. The predicted molar refractivity (Wildman–Crippen MR) is 138 cm³/mol. The lowest BCUT2D eigenvalue weighted by Gasteiger charge is -2.36. The Morgan fingerprint density at radius 2 is 1.85 bits per heavy atom. The van der Waals surface area contributed by atoms with Crippen LogP contribution < -0.4 is 10.6 Å². The smallest absolute Gasteiger partial charge is 0.258 e. The SMILES string of the molecule is CC1(C)CN(S(=O)(=O)c2cc(F)cc(F)c2)Cc2c(NC(=O)c3ccccc3NC(=O)[C@@H]3CCCO3)n[nH]c21. The second-order valence-electron chi connectivity index (χ2n) is 10.2. The van der Waals surface area contributed by atoms with E-state index in [1.54, 1.807) is 38.1 Å². The average molecular weight is 560 g/mol. The Bertz CT molecular complexity index is 1530. The van der Waals surface area contributed by atoms with Crippen molar-refractivity contribution in [1.82, 2.24) is 14.5 Å². The maximum Gasteiger partial charge on any atom is 0.258 e. The standard InChI is InChI=1S/C26H27F2N5O5S/c1-26(2)14-33(39(36,37)17-11-15(27)10-16(28)12-17)13-19-22(26)31-32-23(19)30-24(34)18-6-3-4-7-20(18)29-25(35)21-8-5-9-38-21/h3-4,6-7,10-12,21H,5,8-9,13-14H2,1-2H3,(H,29,35)(H2,30,31,32,34)/t21-/m0/s1. The number of fused-ring (bicyclic) bond motifs is 1. The summed E-state index contributed by atoms with van der Waals surface area (Å²) in [5.74, 6) is -2.83. The monoisotopic (exact) mass is 559 g/mol. The van der Waals surface area contributed by atoms with Crippen LogP contribution in [0, 0.1) is 11.6 Å². The van der Waals surface area contributed by atoms with Crippen LogP contribution in [0.4, 0.5) is 20.3 Å². The number of nitrogens with one attached hydrogen (secondary N) is 3. The van der Waals surface area contributed by atoms with Gasteiger partial charge in [0.2, 0.25) is 10.0 Å². The minimum Gasteiger partial charge on any atom is -0.368 e. The lowest BCUT2D eigenvalue weighted by Crippen LogP contribution is -2.45. The first-order chi connectivity index (χ1) is 18.5. The molecule has 0 aliphatic carbocycles. The number of H-pyrrole nitrogens is 1. The highest BCUT2D eigenvalue weighted by Crippen LogP contribution is 2.38. The van der Waals surface area contributed by atoms with E-state index in [-0.39, 0.29) is 36.1 Å². The van der Waals surface area contributed by atoms with E-state index < -0.39 is 44.0 Å². The Labute approximate surface area is 223 Å². The molecule has 1 fully saturated rings. The van der Waals surface area contributed by atoms with Crippen LogP contribution in [-0.2, 0) is 31.5 Å². The molecular weight excluding hydrogens is 532 g/mol. The molecular formula is C26H27F2N5O5S. The van der Waals surface area contributed by atoms with Gasteiger partial charge in [-0.2, -0.15) is 9.40 Å². The number of anilines is 2. The number of amides is 2. The van der Waals surface area contributed by atoms with Gasteiger partial charge in [0.1, 0.15) is 17.7 Å². The number of hydrogen-bond acceptors (Lipinski definition) is 6. The topological polar surface area (TPSA) is 133 Å². The Morgan fingerprint density at radius 3 is 2.54 bits per heavy atom. The molecule has 0 radical (unpaired) electrons. The van der Waals surface area contributed by atoms with Crippen molar-refractivity contribution in [2.45, 2.75) is 49.6 Å². The number of nitrogens with zero attached hydrogens (tertiary/aromatic N) is 2. The maximum absolute atomic E-state index is 13.8. The second kappa shape index (κ2) is 10.1. The molecule has 13 heteroatoms. The summed E-state index contributed by atoms with van der Waals surface area (Å²) < 4.78 is 60.8. The number of halogens is 2. The Kier molecular flexibility index (Phi) is 6.99. The zero-order valence-electron chi connectivity index (χ0n) is 21.3. The Morgan fingerprint density at radius 1 is 1.13 bits per heavy atom. The van der Waals surface area contributed by atoms with E-state index in [2.05, 4.69) is 20.8 Å². The molecule has 1 saturated heterocycles. The molecule has 1 atom stereocenters. The number of aromatic amines is 1. The third-order valence-electron chi connectivity index (χ3n) is 6.81. The summed E-state index contributed by atoms with van der Waals surface area (Å²) in [6.45, 7) is 3.90. The maximum atomic E-state index is 13.8. The van der Waals surface area contributed by atoms with E-state index in [0.29, 0.717) is 30.4 Å². The summed E-state index contributed by atoms with van der Waals surface area (Å²) in [5, 5.41) is 12.6. The van der Waals surface area contributed by atoms with Gasteiger partial charge < -0.3 is 15.4 Å². The van der Waals surface area contributed by atoms with Crippen LogP contribution in [0.5, 0.6) is 0 Å². The van der Waals surface area contributed by atoms with Crippen LogP contribution in [0.15, 0.2) is 47.4 Å². The van der Waals surface area contributed by atoms with Gasteiger partial charge in [0.05, 0.1) is 16.1 Å². The zero-order valence-corrected chi connectivity index (χ0v) is 22.1. The fourth-order valence-corrected chi connectivity index (χ4v) is 6.51. The normalized spacial score (nSPS) is 18.9. The Balaban J connectivity index is 1.41. The van der Waals surface area contributed by atoms with Gasteiger partial charge in [0, 0.05) is 42.4 Å². The molecule has 1 aromatic heterocycles. The highest BCUT2D eigenvalue weighted by Gasteiger charge is 2.41. The summed E-state index contributed by atoms with van der Waals surface area (Å²) in [6.07, 6.45) is 0.792. The molecule has 2 aliphatic heterocycles. The summed E-state index contributed by atoms with van der Waals surface area (Å²) in [6, 6.07) is 8.59. The predicted octanol–water partition coefficient (Wildman–Crippen LogP) is 3.54. The minimum absolute atomic E-state index is 0.00808. The average Bonchev–Trinajstić information content (AvgIpc) is 3.55. The molecule has 0 saturated carbocycles. The molecule has 39 heavy (non-hydrogen) atoms. The molecule has 3 heterocycles. The molecule has 3 aromatic rings. The van der Waals surface area contributed by atoms with Crippen molar-refractivity contribution < 1.29 is 31.5 Å². The molecule has 10 nitrogen and oxygen atoms in total. The first-order valence-electron chi connectivity index (χ1n) is 12.3. The van der Waals surface area contributed by atoms with Crippen LogP contribution >= 0.6 is 0 Å². The van der Waals surface area contributed by atoms with Crippen molar-refractivity contribution in [2.24, 2.45) is 0 Å². The number of carbonyl (C=O) groups excluding carboxylic acids is 2. The number of ether oxygens (including phenoxy) is 1. The summed E-state index contributed by atoms with van der Waals surface area (Å²) in [7, 11) is -4.28. The van der Waals surface area contributed by atoms with Crippen molar-refractivity contribution in [3.05, 3.63) is 70.9 Å². The van der Waals surface area contributed by atoms with Gasteiger partial charge in [-0.25, -0.2) is 17.2 Å². The van der Waals surface area contributed by atoms with Crippen LogP contribution in [0.2, 0.25) is 0 Å². The second-order valence-corrected chi connectivity index (χ2v) is 12.1. The number of rotatable bonds is 6. The molecule has 2 amide bonds. The van der Waals surface area contributed by atoms with E-state index in [1.165, 1.54) is 0 Å². The van der Waals surface area contributed by atoms with E-state index in [4.69, 9.17) is 4.74 Å². The van der Waals surface area contributed by atoms with Crippen molar-refractivity contribution in [2.75, 3.05) is 23.8 Å². The van der Waals surface area contributed by atoms with Gasteiger partial charge in [-0.05, 0) is 37.1 Å². The molecule has 206 valence electrons. The van der Waals surface area contributed by atoms with Gasteiger partial charge in [-0.15, -0.1) is 0 Å². The highest BCUT2D eigenvalue weighted by atomic mass is 32.2. The molecule has 0 unspecified atom stereocenters. The minimum atomic E-state index is -4.28. The molecule has 5 rings (SSSR count). The molecule has 2 aromatic carbocycles. The first kappa shape index (κ1) is 26.9. The summed E-state index contributed by atoms with van der Waals surface area (Å²) in [4.78, 5) is 25.3. The van der Waals surface area contributed by atoms with Gasteiger partial charge in [0.25, 0.3) is 11.8 Å². The van der Waals surface area contributed by atoms with Crippen LogP contribution in [0.25, 0.3) is 0 Å². The first-order valence-corrected chi connectivity index (χ1v) is 13.8. The number of carbonyl (C=O) groups is 2. The van der Waals surface area contributed by atoms with Crippen molar-refractivity contribution >= 4 is 33.3 Å². The van der Waals surface area contributed by atoms with Crippen LogP contribution in [0.1, 0.15) is 48.3 Å². The Hall–Kier alpha value is -3.68. The van der Waals surface area contributed by atoms with E-state index >= 15 is 0 Å². The molecule has 0 bridgehead atoms. The number of hydrogen-bond donors (Lipinski definition) is 3. The summed E-state index contributed by atoms with van der Waals surface area (Å²) >= 11 is 0. The van der Waals surface area contributed by atoms with E-state index in [9.17, 15) is 26.8 Å². The van der Waals surface area contributed by atoms with Gasteiger partial charge >= 0.3 is 0 Å². The van der Waals surface area contributed by atoms with Crippen LogP contribution in [-0.4, -0.2) is 54.0 Å². The van der Waals surface area contributed by atoms with E-state index in [1.807, 2.05) is 0 Å². The van der Waals surface area contributed by atoms with Crippen molar-refractivity contribution in [1.29, 1.82) is 0 Å². The van der Waals surface area contributed by atoms with Crippen LogP contribution in [0.3, 0.4) is 0 Å².